The molecule has 8 nitrogen and oxygen atoms in total. The number of carbonyl (C=O) groups is 1. The molecule has 0 saturated heterocycles. The minimum atomic E-state index is -0.295. The monoisotopic (exact) mass is 414 g/mol. The highest BCUT2D eigenvalue weighted by atomic mass is 16.2. The van der Waals surface area contributed by atoms with Crippen LogP contribution in [0.2, 0.25) is 0 Å². The summed E-state index contributed by atoms with van der Waals surface area (Å²) < 4.78 is 1.87. The highest BCUT2D eigenvalue weighted by Crippen LogP contribution is 2.36. The van der Waals surface area contributed by atoms with Crippen LogP contribution in [0.1, 0.15) is 58.1 Å². The van der Waals surface area contributed by atoms with Crippen LogP contribution in [0, 0.1) is 13.8 Å². The van der Waals surface area contributed by atoms with Gasteiger partial charge >= 0.3 is 0 Å². The molecule has 156 valence electrons. The van der Waals surface area contributed by atoms with Gasteiger partial charge in [-0.2, -0.15) is 0 Å². The number of hydrogen-bond acceptors (Lipinski definition) is 5. The Morgan fingerprint density at radius 3 is 2.77 bits per heavy atom. The van der Waals surface area contributed by atoms with Gasteiger partial charge in [0, 0.05) is 24.2 Å². The number of H-pyrrole nitrogens is 1. The summed E-state index contributed by atoms with van der Waals surface area (Å²) in [5, 5.41) is 8.46. The Hall–Kier alpha value is -3.55. The van der Waals surface area contributed by atoms with Crippen LogP contribution in [-0.2, 0) is 6.42 Å². The molecule has 1 aromatic carbocycles. The van der Waals surface area contributed by atoms with Gasteiger partial charge in [0.25, 0.3) is 11.5 Å². The topological polar surface area (TPSA) is 96.2 Å². The molecule has 1 fully saturated rings. The molecule has 3 aromatic heterocycles. The Labute approximate surface area is 177 Å². The molecule has 1 saturated carbocycles. The van der Waals surface area contributed by atoms with Crippen LogP contribution in [0.5, 0.6) is 0 Å². The summed E-state index contributed by atoms with van der Waals surface area (Å²) in [5.74, 6) is 1.80. The summed E-state index contributed by atoms with van der Waals surface area (Å²) in [5.41, 5.74) is 5.05. The number of nitrogens with zero attached hydrogens (tertiary/aromatic N) is 5. The minimum absolute atomic E-state index is 0.0987. The van der Waals surface area contributed by atoms with Gasteiger partial charge in [0.2, 0.25) is 5.65 Å². The average Bonchev–Trinajstić information content (AvgIpc) is 3.31. The zero-order valence-corrected chi connectivity index (χ0v) is 17.5. The van der Waals surface area contributed by atoms with E-state index in [1.807, 2.05) is 24.3 Å². The molecule has 2 aliphatic rings. The van der Waals surface area contributed by atoms with Gasteiger partial charge in [0.1, 0.15) is 11.6 Å². The van der Waals surface area contributed by atoms with Crippen LogP contribution >= 0.6 is 0 Å². The first-order chi connectivity index (χ1) is 15.0. The van der Waals surface area contributed by atoms with E-state index in [0.29, 0.717) is 29.2 Å². The number of anilines is 1. The van der Waals surface area contributed by atoms with Gasteiger partial charge in [-0.1, -0.05) is 12.5 Å². The van der Waals surface area contributed by atoms with Crippen molar-refractivity contribution >= 4 is 28.4 Å². The second-order valence-corrected chi connectivity index (χ2v) is 8.69. The predicted molar refractivity (Wildman–Crippen MR) is 117 cm³/mol. The van der Waals surface area contributed by atoms with Gasteiger partial charge in [-0.15, -0.1) is 10.2 Å². The Balaban J connectivity index is 1.50. The van der Waals surface area contributed by atoms with Crippen LogP contribution in [0.4, 0.5) is 5.82 Å². The summed E-state index contributed by atoms with van der Waals surface area (Å²) in [6, 6.07) is 5.83. The number of hydrogen-bond donors (Lipinski definition) is 1. The minimum Gasteiger partial charge on any atom is -0.317 e. The maximum absolute atomic E-state index is 13.5. The lowest BCUT2D eigenvalue weighted by molar-refractivity contribution is 0.0988. The molecular formula is C23H22N6O2. The molecule has 0 atom stereocenters. The lowest BCUT2D eigenvalue weighted by Gasteiger charge is -2.24. The highest BCUT2D eigenvalue weighted by molar-refractivity contribution is 6.09. The van der Waals surface area contributed by atoms with E-state index < -0.39 is 0 Å². The van der Waals surface area contributed by atoms with Gasteiger partial charge < -0.3 is 4.98 Å². The lowest BCUT2D eigenvalue weighted by atomic mass is 9.85. The van der Waals surface area contributed by atoms with Crippen molar-refractivity contribution in [1.29, 1.82) is 0 Å². The molecule has 1 N–H and O–H groups in total. The summed E-state index contributed by atoms with van der Waals surface area (Å²) in [6.45, 7) is 4.54. The molecule has 31 heavy (non-hydrogen) atoms. The van der Waals surface area contributed by atoms with E-state index in [2.05, 4.69) is 26.2 Å². The number of rotatable bonds is 2. The standard InChI is InChI=1S/C23H22N6O2/c1-12-8-15-6-7-28(19(15)24-11-12)23(31)16-10-17-18(9-13(16)2)29-20(14-4-3-5-14)26-27-21(29)22(30)25-17/h8-11,14H,3-7H2,1-2H3,(H,25,30). The molecule has 0 unspecified atom stereocenters. The molecule has 0 radical (unpaired) electrons. The van der Waals surface area contributed by atoms with Crippen molar-refractivity contribution in [3.8, 4) is 0 Å². The summed E-state index contributed by atoms with van der Waals surface area (Å²) >= 11 is 0. The third-order valence-electron chi connectivity index (χ3n) is 6.61. The molecule has 4 heterocycles. The molecule has 1 amide bonds. The van der Waals surface area contributed by atoms with E-state index in [1.165, 1.54) is 6.42 Å². The number of pyridine rings is 1. The number of nitrogens with one attached hydrogen (secondary N) is 1. The number of amides is 1. The van der Waals surface area contributed by atoms with E-state index in [0.717, 1.165) is 53.1 Å². The van der Waals surface area contributed by atoms with Crippen molar-refractivity contribution in [1.82, 2.24) is 24.6 Å². The predicted octanol–water partition coefficient (Wildman–Crippen LogP) is 3.05. The van der Waals surface area contributed by atoms with Gasteiger partial charge in [0.05, 0.1) is 11.0 Å². The second-order valence-electron chi connectivity index (χ2n) is 8.69. The summed E-state index contributed by atoms with van der Waals surface area (Å²) in [4.78, 5) is 35.2. The first-order valence-electron chi connectivity index (χ1n) is 10.7. The van der Waals surface area contributed by atoms with Gasteiger partial charge in [-0.3, -0.25) is 18.9 Å². The van der Waals surface area contributed by atoms with E-state index in [-0.39, 0.29) is 11.5 Å². The van der Waals surface area contributed by atoms with Crippen LogP contribution in [0.3, 0.4) is 0 Å². The van der Waals surface area contributed by atoms with Gasteiger partial charge in [0.15, 0.2) is 0 Å². The number of aromatic nitrogens is 5. The lowest BCUT2D eigenvalue weighted by Crippen LogP contribution is -2.30. The average molecular weight is 414 g/mol. The molecule has 8 heteroatoms. The van der Waals surface area contributed by atoms with Crippen LogP contribution in [0.25, 0.3) is 16.7 Å². The first kappa shape index (κ1) is 18.2. The van der Waals surface area contributed by atoms with Crippen molar-refractivity contribution in [3.63, 3.8) is 0 Å². The fourth-order valence-corrected chi connectivity index (χ4v) is 4.73. The fourth-order valence-electron chi connectivity index (χ4n) is 4.73. The first-order valence-corrected chi connectivity index (χ1v) is 10.7. The second kappa shape index (κ2) is 6.47. The number of benzene rings is 1. The third kappa shape index (κ3) is 2.64. The third-order valence-corrected chi connectivity index (χ3v) is 6.61. The van der Waals surface area contributed by atoms with Crippen LogP contribution in [0.15, 0.2) is 29.2 Å². The number of aromatic amines is 1. The molecule has 0 spiro atoms. The van der Waals surface area contributed by atoms with E-state index in [9.17, 15) is 9.59 Å². The molecular weight excluding hydrogens is 392 g/mol. The van der Waals surface area contributed by atoms with E-state index >= 15 is 0 Å². The Bertz CT molecular complexity index is 1450. The Morgan fingerprint density at radius 2 is 2.00 bits per heavy atom. The fraction of sp³-hybridized carbons (Fsp3) is 0.348. The Kier molecular flexibility index (Phi) is 3.81. The number of aryl methyl sites for hydroxylation is 2. The molecule has 1 aliphatic heterocycles. The summed E-state index contributed by atoms with van der Waals surface area (Å²) in [6.07, 6.45) is 5.88. The van der Waals surface area contributed by atoms with Crippen molar-refractivity contribution < 1.29 is 4.79 Å². The zero-order chi connectivity index (χ0) is 21.3. The van der Waals surface area contributed by atoms with Crippen molar-refractivity contribution in [2.75, 3.05) is 11.4 Å². The maximum Gasteiger partial charge on any atom is 0.294 e. The van der Waals surface area contributed by atoms with Gasteiger partial charge in [-0.25, -0.2) is 4.98 Å². The van der Waals surface area contributed by atoms with Crippen molar-refractivity contribution in [2.24, 2.45) is 0 Å². The largest absolute Gasteiger partial charge is 0.317 e. The normalized spacial score (nSPS) is 16.1. The zero-order valence-electron chi connectivity index (χ0n) is 17.5. The smallest absolute Gasteiger partial charge is 0.294 e. The van der Waals surface area contributed by atoms with Crippen molar-refractivity contribution in [3.05, 3.63) is 62.8 Å². The molecule has 4 aromatic rings. The van der Waals surface area contributed by atoms with Crippen LogP contribution in [-0.4, -0.2) is 37.0 Å². The SMILES string of the molecule is Cc1cnc2c(c1)CCN2C(=O)c1cc2[nH]c(=O)c3nnc(C4CCC4)n3c2cc1C. The molecule has 1 aliphatic carbocycles. The Morgan fingerprint density at radius 1 is 1.16 bits per heavy atom. The van der Waals surface area contributed by atoms with Gasteiger partial charge in [-0.05, 0) is 61.9 Å². The quantitative estimate of drug-likeness (QED) is 0.544. The highest BCUT2D eigenvalue weighted by Gasteiger charge is 2.29. The molecule has 0 bridgehead atoms. The number of carbonyl (C=O) groups excluding carboxylic acids is 1. The maximum atomic E-state index is 13.5. The van der Waals surface area contributed by atoms with E-state index in [4.69, 9.17) is 0 Å². The van der Waals surface area contributed by atoms with Crippen LogP contribution < -0.4 is 10.5 Å². The molecule has 6 rings (SSSR count). The number of fused-ring (bicyclic) bond motifs is 4. The van der Waals surface area contributed by atoms with Crippen molar-refractivity contribution in [2.45, 2.75) is 45.4 Å². The summed E-state index contributed by atoms with van der Waals surface area (Å²) in [7, 11) is 0. The van der Waals surface area contributed by atoms with E-state index in [1.54, 1.807) is 17.2 Å².